The van der Waals surface area contributed by atoms with Crippen LogP contribution in [0.1, 0.15) is 32.5 Å². The number of carbonyl (C=O) groups excluding carboxylic acids is 3. The molecule has 154 valence electrons. The molecule has 0 unspecified atom stereocenters. The minimum atomic E-state index is -0.995. The second-order valence-corrected chi connectivity index (χ2v) is 6.76. The number of amides is 1. The summed E-state index contributed by atoms with van der Waals surface area (Å²) < 4.78 is 14.9. The lowest BCUT2D eigenvalue weighted by Crippen LogP contribution is -2.30. The molecule has 10 nitrogen and oxygen atoms in total. The van der Waals surface area contributed by atoms with Crippen LogP contribution in [-0.2, 0) is 14.3 Å². The maximum Gasteiger partial charge on any atom is 0.348 e. The number of hydrogen-bond donors (Lipinski definition) is 1. The number of non-ortho nitro benzene ring substituents is 1. The molecule has 29 heavy (non-hydrogen) atoms. The minimum absolute atomic E-state index is 0.0498. The molecular weight excluding hydrogens is 404 g/mol. The molecule has 0 aliphatic rings. The number of nitro groups is 1. The van der Waals surface area contributed by atoms with Crippen molar-refractivity contribution >= 4 is 39.9 Å². The Bertz CT molecular complexity index is 952. The standard InChI is InChI=1S/C18H18N2O8S/c1-9-13(17(22)26-3)16(29-14(9)18(23)27-4)19-15(21)10(2)28-12-7-5-11(6-8-12)20(24)25/h5-8,10H,1-4H3,(H,19,21)/t10-/m0/s1. The summed E-state index contributed by atoms with van der Waals surface area (Å²) in [4.78, 5) is 46.8. The van der Waals surface area contributed by atoms with Crippen molar-refractivity contribution in [2.45, 2.75) is 20.0 Å². The normalized spacial score (nSPS) is 11.3. The van der Waals surface area contributed by atoms with E-state index in [9.17, 15) is 24.5 Å². The zero-order valence-electron chi connectivity index (χ0n) is 16.0. The van der Waals surface area contributed by atoms with E-state index in [0.717, 1.165) is 11.3 Å². The zero-order chi connectivity index (χ0) is 21.7. The fourth-order valence-corrected chi connectivity index (χ4v) is 3.47. The van der Waals surface area contributed by atoms with E-state index in [0.29, 0.717) is 5.56 Å². The maximum atomic E-state index is 12.5. The summed E-state index contributed by atoms with van der Waals surface area (Å²) >= 11 is 0.882. The highest BCUT2D eigenvalue weighted by molar-refractivity contribution is 7.18. The third-order valence-electron chi connectivity index (χ3n) is 3.87. The van der Waals surface area contributed by atoms with Gasteiger partial charge in [0, 0.05) is 12.1 Å². The predicted molar refractivity (Wildman–Crippen MR) is 104 cm³/mol. The van der Waals surface area contributed by atoms with E-state index in [4.69, 9.17) is 14.2 Å². The van der Waals surface area contributed by atoms with E-state index in [1.54, 1.807) is 6.92 Å². The molecule has 0 radical (unpaired) electrons. The molecule has 1 N–H and O–H groups in total. The van der Waals surface area contributed by atoms with Crippen LogP contribution in [-0.4, -0.2) is 43.1 Å². The molecule has 1 heterocycles. The van der Waals surface area contributed by atoms with Gasteiger partial charge in [-0.3, -0.25) is 14.9 Å². The fraction of sp³-hybridized carbons (Fsp3) is 0.278. The van der Waals surface area contributed by atoms with Crippen LogP contribution >= 0.6 is 11.3 Å². The van der Waals surface area contributed by atoms with Crippen molar-refractivity contribution in [1.29, 1.82) is 0 Å². The van der Waals surface area contributed by atoms with Gasteiger partial charge in [0.2, 0.25) is 0 Å². The number of methoxy groups -OCH3 is 2. The first-order chi connectivity index (χ1) is 13.7. The Morgan fingerprint density at radius 2 is 1.69 bits per heavy atom. The highest BCUT2D eigenvalue weighted by Crippen LogP contribution is 2.34. The van der Waals surface area contributed by atoms with Gasteiger partial charge in [0.05, 0.1) is 24.7 Å². The molecule has 0 spiro atoms. The van der Waals surface area contributed by atoms with Crippen molar-refractivity contribution in [2.24, 2.45) is 0 Å². The Balaban J connectivity index is 2.21. The molecule has 0 aliphatic carbocycles. The lowest BCUT2D eigenvalue weighted by Gasteiger charge is -2.14. The van der Waals surface area contributed by atoms with E-state index >= 15 is 0 Å². The van der Waals surface area contributed by atoms with Gasteiger partial charge in [-0.1, -0.05) is 0 Å². The van der Waals surface area contributed by atoms with Crippen LogP contribution in [0.2, 0.25) is 0 Å². The predicted octanol–water partition coefficient (Wildman–Crippen LogP) is 2.94. The minimum Gasteiger partial charge on any atom is -0.481 e. The number of nitro benzene ring substituents is 1. The molecule has 0 aliphatic heterocycles. The quantitative estimate of drug-likeness (QED) is 0.409. The number of anilines is 1. The average molecular weight is 422 g/mol. The van der Waals surface area contributed by atoms with Crippen LogP contribution in [0.4, 0.5) is 10.7 Å². The van der Waals surface area contributed by atoms with Gasteiger partial charge in [-0.05, 0) is 31.5 Å². The van der Waals surface area contributed by atoms with Crippen molar-refractivity contribution in [2.75, 3.05) is 19.5 Å². The van der Waals surface area contributed by atoms with Crippen molar-refractivity contribution in [3.05, 3.63) is 50.4 Å². The van der Waals surface area contributed by atoms with Crippen LogP contribution < -0.4 is 10.1 Å². The highest BCUT2D eigenvalue weighted by atomic mass is 32.1. The van der Waals surface area contributed by atoms with Crippen molar-refractivity contribution < 1.29 is 33.5 Å². The van der Waals surface area contributed by atoms with Crippen LogP contribution in [0, 0.1) is 17.0 Å². The van der Waals surface area contributed by atoms with E-state index in [1.165, 1.54) is 45.4 Å². The second-order valence-electron chi connectivity index (χ2n) is 5.74. The van der Waals surface area contributed by atoms with Crippen LogP contribution in [0.5, 0.6) is 5.75 Å². The Kier molecular flexibility index (Phi) is 6.89. The maximum absolute atomic E-state index is 12.5. The molecule has 1 aromatic carbocycles. The number of rotatable bonds is 7. The zero-order valence-corrected chi connectivity index (χ0v) is 16.8. The van der Waals surface area contributed by atoms with Gasteiger partial charge in [0.15, 0.2) is 6.10 Å². The third kappa shape index (κ3) is 4.88. The first kappa shape index (κ1) is 21.8. The first-order valence-corrected chi connectivity index (χ1v) is 9.03. The number of benzene rings is 1. The topological polar surface area (TPSA) is 134 Å². The molecule has 1 amide bonds. The summed E-state index contributed by atoms with van der Waals surface area (Å²) in [5, 5.41) is 13.4. The lowest BCUT2D eigenvalue weighted by molar-refractivity contribution is -0.384. The molecule has 0 fully saturated rings. The van der Waals surface area contributed by atoms with Gasteiger partial charge >= 0.3 is 11.9 Å². The monoisotopic (exact) mass is 422 g/mol. The van der Waals surface area contributed by atoms with Gasteiger partial charge in [-0.25, -0.2) is 9.59 Å². The van der Waals surface area contributed by atoms with Gasteiger partial charge in [-0.15, -0.1) is 11.3 Å². The van der Waals surface area contributed by atoms with Crippen molar-refractivity contribution in [3.8, 4) is 5.75 Å². The summed E-state index contributed by atoms with van der Waals surface area (Å²) in [5.41, 5.74) is 0.267. The van der Waals surface area contributed by atoms with E-state index in [1.807, 2.05) is 0 Å². The molecule has 1 atom stereocenters. The summed E-state index contributed by atoms with van der Waals surface area (Å²) in [7, 11) is 2.39. The average Bonchev–Trinajstić information content (AvgIpc) is 3.02. The Morgan fingerprint density at radius 3 is 2.21 bits per heavy atom. The summed E-state index contributed by atoms with van der Waals surface area (Å²) in [5.74, 6) is -1.70. The molecule has 2 rings (SSSR count). The van der Waals surface area contributed by atoms with Crippen LogP contribution in [0.3, 0.4) is 0 Å². The molecule has 1 aromatic heterocycles. The summed E-state index contributed by atoms with van der Waals surface area (Å²) in [6, 6.07) is 5.24. The van der Waals surface area contributed by atoms with Gasteiger partial charge in [-0.2, -0.15) is 0 Å². The number of nitrogens with zero attached hydrogens (tertiary/aromatic N) is 1. The van der Waals surface area contributed by atoms with Crippen molar-refractivity contribution in [3.63, 3.8) is 0 Å². The molecule has 0 bridgehead atoms. The van der Waals surface area contributed by atoms with Crippen molar-refractivity contribution in [1.82, 2.24) is 0 Å². The first-order valence-electron chi connectivity index (χ1n) is 8.21. The third-order valence-corrected chi connectivity index (χ3v) is 5.06. The number of thiophene rings is 1. The Morgan fingerprint density at radius 1 is 1.10 bits per heavy atom. The molecule has 0 saturated carbocycles. The van der Waals surface area contributed by atoms with Crippen LogP contribution in [0.25, 0.3) is 0 Å². The number of hydrogen-bond acceptors (Lipinski definition) is 9. The lowest BCUT2D eigenvalue weighted by atomic mass is 10.1. The van der Waals surface area contributed by atoms with E-state index in [2.05, 4.69) is 5.32 Å². The van der Waals surface area contributed by atoms with Gasteiger partial charge in [0.1, 0.15) is 15.6 Å². The summed E-state index contributed by atoms with van der Waals surface area (Å²) in [6.45, 7) is 3.01. The largest absolute Gasteiger partial charge is 0.481 e. The SMILES string of the molecule is COC(=O)c1sc(NC(=O)[C@H](C)Oc2ccc([N+](=O)[O-])cc2)c(C(=O)OC)c1C. The Labute approximate surface area is 169 Å². The van der Waals surface area contributed by atoms with E-state index < -0.39 is 28.9 Å². The number of nitrogens with one attached hydrogen (secondary N) is 1. The molecule has 11 heteroatoms. The molecular formula is C18H18N2O8S. The Hall–Kier alpha value is -3.47. The van der Waals surface area contributed by atoms with E-state index in [-0.39, 0.29) is 26.9 Å². The number of carbonyl (C=O) groups is 3. The number of esters is 2. The second kappa shape index (κ2) is 9.15. The molecule has 2 aromatic rings. The number of ether oxygens (including phenoxy) is 3. The fourth-order valence-electron chi connectivity index (χ4n) is 2.35. The van der Waals surface area contributed by atoms with Gasteiger partial charge < -0.3 is 19.5 Å². The molecule has 0 saturated heterocycles. The highest BCUT2D eigenvalue weighted by Gasteiger charge is 2.28. The van der Waals surface area contributed by atoms with Crippen LogP contribution in [0.15, 0.2) is 24.3 Å². The smallest absolute Gasteiger partial charge is 0.348 e. The summed E-state index contributed by atoms with van der Waals surface area (Å²) in [6.07, 6.45) is -0.995. The van der Waals surface area contributed by atoms with Gasteiger partial charge in [0.25, 0.3) is 11.6 Å².